The third-order valence-corrected chi connectivity index (χ3v) is 10.8. The molecule has 10 rings (SSSR count). The molecule has 0 aliphatic carbocycles. The molecule has 0 aliphatic rings. The SMILES string of the molecule is c1ccc(-c2ccc(N(c3cccc(-c4cccc5oc6ccccc6c45)c3)c3ccc4cc5c(cc4c3)sc3ccccc35)cc2)cc1. The zero-order chi connectivity index (χ0) is 32.3. The fraction of sp³-hybridized carbons (Fsp3) is 0. The third kappa shape index (κ3) is 4.70. The summed E-state index contributed by atoms with van der Waals surface area (Å²) in [7, 11) is 0. The van der Waals surface area contributed by atoms with Crippen molar-refractivity contribution in [1.29, 1.82) is 0 Å². The van der Waals surface area contributed by atoms with Gasteiger partial charge in [-0.3, -0.25) is 0 Å². The molecule has 2 aromatic heterocycles. The van der Waals surface area contributed by atoms with Crippen molar-refractivity contribution in [3.05, 3.63) is 176 Å². The molecule has 3 heteroatoms. The van der Waals surface area contributed by atoms with Gasteiger partial charge in [0.25, 0.3) is 0 Å². The van der Waals surface area contributed by atoms with Crippen molar-refractivity contribution < 1.29 is 4.42 Å². The minimum absolute atomic E-state index is 0.902. The van der Waals surface area contributed by atoms with Gasteiger partial charge in [0.15, 0.2) is 0 Å². The van der Waals surface area contributed by atoms with E-state index in [1.807, 2.05) is 23.5 Å². The van der Waals surface area contributed by atoms with Crippen LogP contribution in [0.2, 0.25) is 0 Å². The van der Waals surface area contributed by atoms with Crippen molar-refractivity contribution in [3.63, 3.8) is 0 Å². The molecule has 0 aliphatic heterocycles. The molecular weight excluding hydrogens is 615 g/mol. The highest BCUT2D eigenvalue weighted by Gasteiger charge is 2.17. The van der Waals surface area contributed by atoms with Crippen LogP contribution in [0.3, 0.4) is 0 Å². The van der Waals surface area contributed by atoms with E-state index in [9.17, 15) is 0 Å². The Balaban J connectivity index is 1.15. The average molecular weight is 644 g/mol. The zero-order valence-electron chi connectivity index (χ0n) is 26.5. The van der Waals surface area contributed by atoms with E-state index in [1.54, 1.807) is 0 Å². The molecule has 49 heavy (non-hydrogen) atoms. The summed E-state index contributed by atoms with van der Waals surface area (Å²) in [6.45, 7) is 0. The summed E-state index contributed by atoms with van der Waals surface area (Å²) in [5, 5.41) is 7.40. The first-order valence-corrected chi connectivity index (χ1v) is 17.4. The normalized spacial score (nSPS) is 11.7. The van der Waals surface area contributed by atoms with Crippen LogP contribution in [0.15, 0.2) is 180 Å². The Labute approximate surface area is 287 Å². The van der Waals surface area contributed by atoms with Gasteiger partial charge in [-0.25, -0.2) is 0 Å². The number of anilines is 3. The molecule has 0 radical (unpaired) electrons. The topological polar surface area (TPSA) is 16.4 Å². The van der Waals surface area contributed by atoms with Crippen LogP contribution in [-0.4, -0.2) is 0 Å². The number of hydrogen-bond acceptors (Lipinski definition) is 3. The molecule has 0 saturated heterocycles. The van der Waals surface area contributed by atoms with Gasteiger partial charge in [0, 0.05) is 48.0 Å². The molecule has 0 fully saturated rings. The van der Waals surface area contributed by atoms with E-state index >= 15 is 0 Å². The van der Waals surface area contributed by atoms with Crippen molar-refractivity contribution in [2.75, 3.05) is 4.90 Å². The van der Waals surface area contributed by atoms with Gasteiger partial charge in [-0.05, 0) is 99.8 Å². The average Bonchev–Trinajstić information content (AvgIpc) is 3.73. The molecule has 0 amide bonds. The van der Waals surface area contributed by atoms with Crippen LogP contribution in [0.4, 0.5) is 17.1 Å². The molecule has 10 aromatic rings. The monoisotopic (exact) mass is 643 g/mol. The quantitative estimate of drug-likeness (QED) is 0.186. The summed E-state index contributed by atoms with van der Waals surface area (Å²) >= 11 is 1.86. The highest BCUT2D eigenvalue weighted by atomic mass is 32.1. The molecule has 0 unspecified atom stereocenters. The molecule has 0 atom stereocenters. The standard InChI is InChI=1S/C46H29NOS/c1-2-10-30(11-3-1)31-20-23-35(24-21-31)47(37-25-22-32-28-41-39-14-5-7-19-44(39)49-45(41)29-34(32)27-37)36-13-8-12-33(26-36)38-16-9-18-43-46(38)40-15-4-6-17-42(40)48-43/h1-29H. The van der Waals surface area contributed by atoms with Gasteiger partial charge >= 0.3 is 0 Å². The van der Waals surface area contributed by atoms with E-state index in [-0.39, 0.29) is 0 Å². The Bertz CT molecular complexity index is 2830. The Hall–Kier alpha value is -6.16. The van der Waals surface area contributed by atoms with Crippen molar-refractivity contribution in [2.45, 2.75) is 0 Å². The van der Waals surface area contributed by atoms with Crippen LogP contribution in [0.5, 0.6) is 0 Å². The highest BCUT2D eigenvalue weighted by molar-refractivity contribution is 7.25. The Morgan fingerprint density at radius 3 is 1.98 bits per heavy atom. The molecule has 2 nitrogen and oxygen atoms in total. The first-order valence-electron chi connectivity index (χ1n) is 16.6. The summed E-state index contributed by atoms with van der Waals surface area (Å²) in [6.07, 6.45) is 0. The number of furan rings is 1. The second-order valence-corrected chi connectivity index (χ2v) is 13.6. The lowest BCUT2D eigenvalue weighted by Crippen LogP contribution is -2.10. The van der Waals surface area contributed by atoms with Gasteiger partial charge in [-0.2, -0.15) is 0 Å². The number of rotatable bonds is 5. The molecule has 2 heterocycles. The Morgan fingerprint density at radius 2 is 1.08 bits per heavy atom. The predicted molar refractivity (Wildman–Crippen MR) is 210 cm³/mol. The van der Waals surface area contributed by atoms with E-state index in [4.69, 9.17) is 4.42 Å². The van der Waals surface area contributed by atoms with Crippen molar-refractivity contribution in [3.8, 4) is 22.3 Å². The molecule has 230 valence electrons. The lowest BCUT2D eigenvalue weighted by atomic mass is 9.98. The van der Waals surface area contributed by atoms with Gasteiger partial charge in [-0.1, -0.05) is 109 Å². The number of nitrogens with zero attached hydrogens (tertiary/aromatic N) is 1. The fourth-order valence-electron chi connectivity index (χ4n) is 7.30. The number of hydrogen-bond donors (Lipinski definition) is 0. The van der Waals surface area contributed by atoms with E-state index in [0.29, 0.717) is 0 Å². The Kier molecular flexibility index (Phi) is 6.39. The van der Waals surface area contributed by atoms with Crippen LogP contribution in [0.1, 0.15) is 0 Å². The van der Waals surface area contributed by atoms with Gasteiger partial charge < -0.3 is 9.32 Å². The van der Waals surface area contributed by atoms with Crippen LogP contribution in [0, 0.1) is 0 Å². The van der Waals surface area contributed by atoms with E-state index in [2.05, 4.69) is 169 Å². The first kappa shape index (κ1) is 27.9. The molecule has 0 N–H and O–H groups in total. The largest absolute Gasteiger partial charge is 0.456 e. The predicted octanol–water partition coefficient (Wildman–Crippen LogP) is 13.9. The number of para-hydroxylation sites is 1. The zero-order valence-corrected chi connectivity index (χ0v) is 27.3. The van der Waals surface area contributed by atoms with Crippen molar-refractivity contribution >= 4 is 81.3 Å². The van der Waals surface area contributed by atoms with Gasteiger partial charge in [0.1, 0.15) is 11.2 Å². The number of fused-ring (bicyclic) bond motifs is 7. The van der Waals surface area contributed by atoms with Gasteiger partial charge in [0.2, 0.25) is 0 Å². The van der Waals surface area contributed by atoms with Crippen molar-refractivity contribution in [2.24, 2.45) is 0 Å². The smallest absolute Gasteiger partial charge is 0.136 e. The first-order chi connectivity index (χ1) is 24.3. The van der Waals surface area contributed by atoms with Crippen molar-refractivity contribution in [1.82, 2.24) is 0 Å². The summed E-state index contributed by atoms with van der Waals surface area (Å²) in [5.74, 6) is 0. The van der Waals surface area contributed by atoms with E-state index < -0.39 is 0 Å². The maximum absolute atomic E-state index is 6.26. The lowest BCUT2D eigenvalue weighted by molar-refractivity contribution is 0.669. The fourth-order valence-corrected chi connectivity index (χ4v) is 8.44. The molecule has 0 saturated carbocycles. The molecule has 8 aromatic carbocycles. The third-order valence-electron chi connectivity index (χ3n) is 9.63. The molecular formula is C46H29NOS. The molecule has 0 spiro atoms. The summed E-state index contributed by atoms with van der Waals surface area (Å²) in [6, 6.07) is 63.3. The lowest BCUT2D eigenvalue weighted by Gasteiger charge is -2.26. The van der Waals surface area contributed by atoms with Crippen LogP contribution in [0.25, 0.3) is 75.1 Å². The second kappa shape index (κ2) is 11.2. The second-order valence-electron chi connectivity index (χ2n) is 12.6. The maximum atomic E-state index is 6.26. The minimum atomic E-state index is 0.902. The van der Waals surface area contributed by atoms with E-state index in [1.165, 1.54) is 42.1 Å². The highest BCUT2D eigenvalue weighted by Crippen LogP contribution is 2.43. The number of thiophene rings is 1. The summed E-state index contributed by atoms with van der Waals surface area (Å²) in [4.78, 5) is 2.38. The van der Waals surface area contributed by atoms with Gasteiger partial charge in [0.05, 0.1) is 0 Å². The number of benzene rings is 8. The van der Waals surface area contributed by atoms with Crippen LogP contribution in [-0.2, 0) is 0 Å². The molecule has 0 bridgehead atoms. The minimum Gasteiger partial charge on any atom is -0.456 e. The van der Waals surface area contributed by atoms with Crippen LogP contribution >= 0.6 is 11.3 Å². The Morgan fingerprint density at radius 1 is 0.388 bits per heavy atom. The summed E-state index contributed by atoms with van der Waals surface area (Å²) in [5.41, 5.74) is 9.84. The summed E-state index contributed by atoms with van der Waals surface area (Å²) < 4.78 is 8.90. The van der Waals surface area contributed by atoms with Crippen LogP contribution < -0.4 is 4.90 Å². The van der Waals surface area contributed by atoms with E-state index in [0.717, 1.165) is 50.1 Å². The maximum Gasteiger partial charge on any atom is 0.136 e. The van der Waals surface area contributed by atoms with Gasteiger partial charge in [-0.15, -0.1) is 11.3 Å².